The third-order valence-electron chi connectivity index (χ3n) is 3.35. The summed E-state index contributed by atoms with van der Waals surface area (Å²) in [5, 5.41) is 11.9. The van der Waals surface area contributed by atoms with E-state index in [-0.39, 0.29) is 12.1 Å². The van der Waals surface area contributed by atoms with Crippen molar-refractivity contribution in [3.63, 3.8) is 0 Å². The van der Waals surface area contributed by atoms with Gasteiger partial charge in [0.2, 0.25) is 0 Å². The molecule has 7 heteroatoms. The van der Waals surface area contributed by atoms with Crippen molar-refractivity contribution in [2.75, 3.05) is 6.54 Å². The van der Waals surface area contributed by atoms with E-state index in [9.17, 15) is 9.59 Å². The maximum atomic E-state index is 12.1. The number of imidazole rings is 1. The highest BCUT2D eigenvalue weighted by molar-refractivity contribution is 5.83. The first-order chi connectivity index (χ1) is 9.13. The molecule has 1 fully saturated rings. The molecule has 2 atom stereocenters. The Morgan fingerprint density at radius 3 is 3.05 bits per heavy atom. The van der Waals surface area contributed by atoms with Crippen molar-refractivity contribution in [2.24, 2.45) is 0 Å². The van der Waals surface area contributed by atoms with Crippen LogP contribution in [0.5, 0.6) is 0 Å². The Labute approximate surface area is 111 Å². The van der Waals surface area contributed by atoms with Crippen LogP contribution in [0.2, 0.25) is 0 Å². The second-order valence-electron chi connectivity index (χ2n) is 4.57. The molecule has 1 aliphatic rings. The minimum absolute atomic E-state index is 0.224. The quantitative estimate of drug-likeness (QED) is 0.760. The molecule has 1 aromatic heterocycles. The summed E-state index contributed by atoms with van der Waals surface area (Å²) in [6, 6.07) is -1.28. The van der Waals surface area contributed by atoms with Crippen LogP contribution in [0.1, 0.15) is 38.1 Å². The van der Waals surface area contributed by atoms with Gasteiger partial charge in [-0.1, -0.05) is 6.92 Å². The topological polar surface area (TPSA) is 98.3 Å². The Morgan fingerprint density at radius 2 is 2.47 bits per heavy atom. The second kappa shape index (κ2) is 5.73. The number of hydrogen-bond acceptors (Lipinski definition) is 3. The molecule has 3 N–H and O–H groups in total. The van der Waals surface area contributed by atoms with Crippen LogP contribution in [-0.2, 0) is 4.79 Å². The number of H-pyrrole nitrogens is 1. The lowest BCUT2D eigenvalue weighted by Gasteiger charge is -2.24. The van der Waals surface area contributed by atoms with E-state index < -0.39 is 12.0 Å². The molecule has 1 aromatic rings. The summed E-state index contributed by atoms with van der Waals surface area (Å²) < 4.78 is 0. The van der Waals surface area contributed by atoms with E-state index >= 15 is 0 Å². The molecule has 0 radical (unpaired) electrons. The Hall–Kier alpha value is -2.05. The molecule has 1 aliphatic heterocycles. The number of carbonyl (C=O) groups excluding carboxylic acids is 1. The van der Waals surface area contributed by atoms with Crippen molar-refractivity contribution >= 4 is 12.0 Å². The molecule has 2 heterocycles. The lowest BCUT2D eigenvalue weighted by atomic mass is 10.2. The monoisotopic (exact) mass is 266 g/mol. The van der Waals surface area contributed by atoms with E-state index in [4.69, 9.17) is 5.11 Å². The molecule has 2 amide bonds. The number of carboxylic acid groups (broad SMARTS) is 1. The van der Waals surface area contributed by atoms with Crippen molar-refractivity contribution in [2.45, 2.75) is 38.3 Å². The number of carbonyl (C=O) groups is 2. The van der Waals surface area contributed by atoms with E-state index in [1.54, 1.807) is 12.4 Å². The molecule has 0 aliphatic carbocycles. The maximum Gasteiger partial charge on any atom is 0.326 e. The highest BCUT2D eigenvalue weighted by atomic mass is 16.4. The lowest BCUT2D eigenvalue weighted by Crippen LogP contribution is -2.47. The maximum absolute atomic E-state index is 12.1. The molecule has 7 nitrogen and oxygen atoms in total. The average Bonchev–Trinajstić information content (AvgIpc) is 3.05. The van der Waals surface area contributed by atoms with Crippen LogP contribution in [0, 0.1) is 0 Å². The van der Waals surface area contributed by atoms with E-state index in [1.807, 2.05) is 6.92 Å². The first-order valence-electron chi connectivity index (χ1n) is 6.42. The summed E-state index contributed by atoms with van der Waals surface area (Å²) in [7, 11) is 0. The van der Waals surface area contributed by atoms with Crippen LogP contribution in [0.3, 0.4) is 0 Å². The van der Waals surface area contributed by atoms with Crippen LogP contribution in [0.15, 0.2) is 12.4 Å². The van der Waals surface area contributed by atoms with Gasteiger partial charge >= 0.3 is 12.0 Å². The number of aromatic amines is 1. The van der Waals surface area contributed by atoms with E-state index in [0.29, 0.717) is 25.2 Å². The van der Waals surface area contributed by atoms with E-state index in [1.165, 1.54) is 4.90 Å². The SMILES string of the molecule is CCC(NC(=O)N1CCC[C@@H]1C(=O)O)c1ncc[nH]1. The number of carboxylic acids is 1. The number of aliphatic carboxylic acids is 1. The van der Waals surface area contributed by atoms with Crippen LogP contribution < -0.4 is 5.32 Å². The van der Waals surface area contributed by atoms with Crippen LogP contribution in [-0.4, -0.2) is 44.6 Å². The van der Waals surface area contributed by atoms with Crippen molar-refractivity contribution in [3.05, 3.63) is 18.2 Å². The Bertz CT molecular complexity index is 446. The molecular weight excluding hydrogens is 248 g/mol. The van der Waals surface area contributed by atoms with Gasteiger partial charge < -0.3 is 20.3 Å². The highest BCUT2D eigenvalue weighted by Gasteiger charge is 2.34. The molecular formula is C12H18N4O3. The van der Waals surface area contributed by atoms with E-state index in [2.05, 4.69) is 15.3 Å². The fourth-order valence-electron chi connectivity index (χ4n) is 2.33. The summed E-state index contributed by atoms with van der Waals surface area (Å²) in [6.07, 6.45) is 5.24. The zero-order valence-corrected chi connectivity index (χ0v) is 10.8. The normalized spacial score (nSPS) is 20.3. The second-order valence-corrected chi connectivity index (χ2v) is 4.57. The van der Waals surface area contributed by atoms with Crippen molar-refractivity contribution < 1.29 is 14.7 Å². The molecule has 2 rings (SSSR count). The smallest absolute Gasteiger partial charge is 0.326 e. The number of amides is 2. The number of aromatic nitrogens is 2. The van der Waals surface area contributed by atoms with Gasteiger partial charge in [0.05, 0.1) is 6.04 Å². The summed E-state index contributed by atoms with van der Waals surface area (Å²) in [5.41, 5.74) is 0. The molecule has 0 bridgehead atoms. The van der Waals surface area contributed by atoms with Gasteiger partial charge in [0.25, 0.3) is 0 Å². The minimum atomic E-state index is -0.946. The molecule has 1 saturated heterocycles. The molecule has 0 aromatic carbocycles. The molecule has 104 valence electrons. The fraction of sp³-hybridized carbons (Fsp3) is 0.583. The Kier molecular flexibility index (Phi) is 4.03. The minimum Gasteiger partial charge on any atom is -0.480 e. The zero-order chi connectivity index (χ0) is 13.8. The summed E-state index contributed by atoms with van der Waals surface area (Å²) in [6.45, 7) is 2.42. The number of hydrogen-bond donors (Lipinski definition) is 3. The van der Waals surface area contributed by atoms with Gasteiger partial charge in [0.1, 0.15) is 11.9 Å². The predicted octanol–water partition coefficient (Wildman–Crippen LogP) is 1.12. The van der Waals surface area contributed by atoms with Gasteiger partial charge in [-0.05, 0) is 19.3 Å². The number of rotatable bonds is 4. The number of urea groups is 1. The van der Waals surface area contributed by atoms with E-state index in [0.717, 1.165) is 6.42 Å². The molecule has 0 saturated carbocycles. The molecule has 19 heavy (non-hydrogen) atoms. The van der Waals surface area contributed by atoms with Gasteiger partial charge in [-0.15, -0.1) is 0 Å². The van der Waals surface area contributed by atoms with Crippen LogP contribution in [0.4, 0.5) is 4.79 Å². The third-order valence-corrected chi connectivity index (χ3v) is 3.35. The van der Waals surface area contributed by atoms with Gasteiger partial charge in [-0.25, -0.2) is 14.6 Å². The predicted molar refractivity (Wildman–Crippen MR) is 67.5 cm³/mol. The number of nitrogens with one attached hydrogen (secondary N) is 2. The van der Waals surface area contributed by atoms with Crippen molar-refractivity contribution in [1.82, 2.24) is 20.2 Å². The average molecular weight is 266 g/mol. The largest absolute Gasteiger partial charge is 0.480 e. The zero-order valence-electron chi connectivity index (χ0n) is 10.8. The van der Waals surface area contributed by atoms with Crippen molar-refractivity contribution in [1.29, 1.82) is 0 Å². The fourth-order valence-corrected chi connectivity index (χ4v) is 2.33. The number of likely N-dealkylation sites (tertiary alicyclic amines) is 1. The van der Waals surface area contributed by atoms with Crippen LogP contribution in [0.25, 0.3) is 0 Å². The van der Waals surface area contributed by atoms with Crippen LogP contribution >= 0.6 is 0 Å². The van der Waals surface area contributed by atoms with Gasteiger partial charge in [-0.3, -0.25) is 0 Å². The summed E-state index contributed by atoms with van der Waals surface area (Å²) >= 11 is 0. The highest BCUT2D eigenvalue weighted by Crippen LogP contribution is 2.19. The van der Waals surface area contributed by atoms with Gasteiger partial charge in [0, 0.05) is 18.9 Å². The molecule has 1 unspecified atom stereocenters. The number of nitrogens with zero attached hydrogens (tertiary/aromatic N) is 2. The molecule has 0 spiro atoms. The van der Waals surface area contributed by atoms with Gasteiger partial charge in [-0.2, -0.15) is 0 Å². The standard InChI is InChI=1S/C12H18N4O3/c1-2-8(10-13-5-6-14-10)15-12(19)16-7-3-4-9(16)11(17)18/h5-6,8-9H,2-4,7H2,1H3,(H,13,14)(H,15,19)(H,17,18)/t8?,9-/m1/s1. The van der Waals surface area contributed by atoms with Gasteiger partial charge in [0.15, 0.2) is 0 Å². The lowest BCUT2D eigenvalue weighted by molar-refractivity contribution is -0.141. The summed E-state index contributed by atoms with van der Waals surface area (Å²) in [4.78, 5) is 31.7. The summed E-state index contributed by atoms with van der Waals surface area (Å²) in [5.74, 6) is -0.263. The first kappa shape index (κ1) is 13.4. The Balaban J connectivity index is 2.02. The van der Waals surface area contributed by atoms with Crippen molar-refractivity contribution in [3.8, 4) is 0 Å². The Morgan fingerprint density at radius 1 is 1.68 bits per heavy atom. The first-order valence-corrected chi connectivity index (χ1v) is 6.42. The third kappa shape index (κ3) is 2.86.